The molecule has 2 aromatic carbocycles. The molecular weight excluding hydrogens is 514 g/mol. The van der Waals surface area contributed by atoms with Crippen molar-refractivity contribution in [1.82, 2.24) is 0 Å². The van der Waals surface area contributed by atoms with Gasteiger partial charge in [-0.25, -0.2) is 4.79 Å². The van der Waals surface area contributed by atoms with E-state index in [2.05, 4.69) is 0 Å². The Hall–Kier alpha value is -1.36. The summed E-state index contributed by atoms with van der Waals surface area (Å²) in [4.78, 5) is 23.0. The highest BCUT2D eigenvalue weighted by atomic mass is 127. The van der Waals surface area contributed by atoms with Gasteiger partial charge in [0.1, 0.15) is 12.4 Å². The second-order valence-corrected chi connectivity index (χ2v) is 6.64. The molecule has 0 saturated carbocycles. The zero-order chi connectivity index (χ0) is 16.3. The summed E-state index contributed by atoms with van der Waals surface area (Å²) in [6.07, 6.45) is 0. The molecule has 0 aliphatic carbocycles. The number of carboxylic acids is 1. The topological polar surface area (TPSA) is 86.7 Å². The van der Waals surface area contributed by atoms with Crippen LogP contribution in [0, 0.1) is 7.14 Å². The molecule has 0 spiro atoms. The maximum Gasteiger partial charge on any atom is 0.339 e. The number of benzene rings is 2. The molecule has 0 heterocycles. The lowest BCUT2D eigenvalue weighted by atomic mass is 10.1. The molecule has 0 unspecified atom stereocenters. The van der Waals surface area contributed by atoms with Gasteiger partial charge in [0.15, 0.2) is 0 Å². The number of carbonyl (C=O) groups is 2. The number of hydrogen-bond donors (Lipinski definition) is 1. The molecule has 2 aromatic rings. The summed E-state index contributed by atoms with van der Waals surface area (Å²) in [5, 5.41) is 20.7. The highest BCUT2D eigenvalue weighted by Crippen LogP contribution is 2.27. The molecule has 0 aliphatic heterocycles. The summed E-state index contributed by atoms with van der Waals surface area (Å²) in [5.41, 5.74) is 0.443. The molecule has 0 saturated heterocycles. The third-order valence-electron chi connectivity index (χ3n) is 2.81. The zero-order valence-corrected chi connectivity index (χ0v) is 15.3. The van der Waals surface area contributed by atoms with Gasteiger partial charge in [-0.05, 0) is 68.9 Å². The van der Waals surface area contributed by atoms with Crippen molar-refractivity contribution < 1.29 is 24.5 Å². The van der Waals surface area contributed by atoms with Crippen LogP contribution in [0.5, 0.6) is 5.75 Å². The second-order valence-electron chi connectivity index (χ2n) is 4.32. The number of aromatic carboxylic acids is 1. The Kier molecular flexibility index (Phi) is 5.62. The lowest BCUT2D eigenvalue weighted by molar-refractivity contribution is -0.255. The Labute approximate surface area is 153 Å². The smallest absolute Gasteiger partial charge is 0.339 e. The van der Waals surface area contributed by atoms with Crippen molar-refractivity contribution in [3.63, 3.8) is 0 Å². The summed E-state index contributed by atoms with van der Waals surface area (Å²) in [6.45, 7) is -0.0213. The number of halogens is 2. The van der Waals surface area contributed by atoms with Crippen molar-refractivity contribution in [3.8, 4) is 5.75 Å². The number of ether oxygens (including phenoxy) is 1. The number of phenolic OH excluding ortho intramolecular Hbond substituents is 1. The Morgan fingerprint density at radius 3 is 2.18 bits per heavy atom. The molecule has 0 bridgehead atoms. The Bertz CT molecular complexity index is 719. The van der Waals surface area contributed by atoms with Crippen molar-refractivity contribution >= 4 is 57.1 Å². The van der Waals surface area contributed by atoms with Gasteiger partial charge >= 0.3 is 5.97 Å². The van der Waals surface area contributed by atoms with Gasteiger partial charge in [-0.1, -0.05) is 18.2 Å². The van der Waals surface area contributed by atoms with E-state index in [1.54, 1.807) is 18.2 Å². The molecule has 7 heteroatoms. The van der Waals surface area contributed by atoms with Gasteiger partial charge in [0.05, 0.1) is 18.7 Å². The number of carboxylic acid groups (broad SMARTS) is 1. The maximum absolute atomic E-state index is 12.0. The SMILES string of the molecule is O=C([O-])c1ccccc1C(=O)OCc1cc(I)c(O)c(I)c1. The van der Waals surface area contributed by atoms with E-state index in [4.69, 9.17) is 4.74 Å². The number of hydrogen-bond acceptors (Lipinski definition) is 5. The Balaban J connectivity index is 2.16. The summed E-state index contributed by atoms with van der Waals surface area (Å²) >= 11 is 3.95. The van der Waals surface area contributed by atoms with Crippen LogP contribution in [0.1, 0.15) is 26.3 Å². The van der Waals surface area contributed by atoms with Gasteiger partial charge in [-0.15, -0.1) is 0 Å². The van der Waals surface area contributed by atoms with Crippen LogP contribution in [0.3, 0.4) is 0 Å². The fraction of sp³-hybridized carbons (Fsp3) is 0.0667. The summed E-state index contributed by atoms with van der Waals surface area (Å²) in [6, 6.07) is 9.10. The number of aromatic hydroxyl groups is 1. The molecule has 0 atom stereocenters. The number of phenols is 1. The van der Waals surface area contributed by atoms with Gasteiger partial charge in [0.25, 0.3) is 0 Å². The molecule has 0 amide bonds. The van der Waals surface area contributed by atoms with E-state index >= 15 is 0 Å². The lowest BCUT2D eigenvalue weighted by Crippen LogP contribution is -2.25. The highest BCUT2D eigenvalue weighted by Gasteiger charge is 2.14. The minimum Gasteiger partial charge on any atom is -0.545 e. The van der Waals surface area contributed by atoms with Gasteiger partial charge < -0.3 is 19.7 Å². The van der Waals surface area contributed by atoms with Gasteiger partial charge in [0.2, 0.25) is 0 Å². The Morgan fingerprint density at radius 2 is 1.64 bits per heavy atom. The summed E-state index contributed by atoms with van der Waals surface area (Å²) in [5.74, 6) is -1.99. The first-order chi connectivity index (χ1) is 10.4. The largest absolute Gasteiger partial charge is 0.545 e. The molecule has 22 heavy (non-hydrogen) atoms. The van der Waals surface area contributed by atoms with Crippen LogP contribution in [-0.4, -0.2) is 17.0 Å². The van der Waals surface area contributed by atoms with E-state index in [1.165, 1.54) is 18.2 Å². The van der Waals surface area contributed by atoms with E-state index in [0.717, 1.165) is 0 Å². The van der Waals surface area contributed by atoms with Gasteiger partial charge in [-0.3, -0.25) is 0 Å². The van der Waals surface area contributed by atoms with Crippen LogP contribution in [0.2, 0.25) is 0 Å². The minimum atomic E-state index is -1.43. The quantitative estimate of drug-likeness (QED) is 0.492. The standard InChI is InChI=1S/C15H10I2O5/c16-11-5-8(6-12(17)13(11)18)7-22-15(21)10-4-2-1-3-9(10)14(19)20/h1-6,18H,7H2,(H,19,20)/p-1. The fourth-order valence-corrected chi connectivity index (χ4v) is 3.66. The summed E-state index contributed by atoms with van der Waals surface area (Å²) in [7, 11) is 0. The van der Waals surface area contributed by atoms with Crippen LogP contribution in [0.4, 0.5) is 0 Å². The number of rotatable bonds is 4. The summed E-state index contributed by atoms with van der Waals surface area (Å²) < 4.78 is 6.42. The van der Waals surface area contributed by atoms with E-state index in [1.807, 2.05) is 45.2 Å². The molecule has 1 N–H and O–H groups in total. The van der Waals surface area contributed by atoms with Crippen LogP contribution in [0.25, 0.3) is 0 Å². The first-order valence-electron chi connectivity index (χ1n) is 6.04. The predicted octanol–water partition coefficient (Wildman–Crippen LogP) is 2.32. The zero-order valence-electron chi connectivity index (χ0n) is 11.0. The predicted molar refractivity (Wildman–Crippen MR) is 93.4 cm³/mol. The average Bonchev–Trinajstić information content (AvgIpc) is 2.50. The van der Waals surface area contributed by atoms with Crippen molar-refractivity contribution in [2.75, 3.05) is 0 Å². The monoisotopic (exact) mass is 523 g/mol. The van der Waals surface area contributed by atoms with E-state index in [9.17, 15) is 19.8 Å². The van der Waals surface area contributed by atoms with E-state index < -0.39 is 11.9 Å². The van der Waals surface area contributed by atoms with Crippen LogP contribution < -0.4 is 5.11 Å². The third-order valence-corrected chi connectivity index (χ3v) is 4.46. The minimum absolute atomic E-state index is 0.0213. The maximum atomic E-state index is 12.0. The molecule has 114 valence electrons. The molecule has 5 nitrogen and oxygen atoms in total. The van der Waals surface area contributed by atoms with Crippen molar-refractivity contribution in [2.24, 2.45) is 0 Å². The Morgan fingerprint density at radius 1 is 1.09 bits per heavy atom. The first kappa shape index (κ1) is 17.0. The molecule has 0 radical (unpaired) electrons. The second kappa shape index (κ2) is 7.27. The number of carbonyl (C=O) groups excluding carboxylic acids is 2. The fourth-order valence-electron chi connectivity index (χ4n) is 1.77. The number of esters is 1. The van der Waals surface area contributed by atoms with Crippen molar-refractivity contribution in [3.05, 3.63) is 60.2 Å². The molecule has 2 rings (SSSR count). The van der Waals surface area contributed by atoms with Gasteiger partial charge in [-0.2, -0.15) is 0 Å². The molecule has 0 aromatic heterocycles. The van der Waals surface area contributed by atoms with E-state index in [0.29, 0.717) is 12.7 Å². The van der Waals surface area contributed by atoms with Gasteiger partial charge in [0, 0.05) is 5.56 Å². The molecule has 0 aliphatic rings. The molecular formula is C15H9I2O5-. The third kappa shape index (κ3) is 3.88. The normalized spacial score (nSPS) is 10.3. The lowest BCUT2D eigenvalue weighted by Gasteiger charge is -2.11. The highest BCUT2D eigenvalue weighted by molar-refractivity contribution is 14.1. The average molecular weight is 523 g/mol. The van der Waals surface area contributed by atoms with Crippen molar-refractivity contribution in [1.29, 1.82) is 0 Å². The first-order valence-corrected chi connectivity index (χ1v) is 8.20. The van der Waals surface area contributed by atoms with Crippen LogP contribution >= 0.6 is 45.2 Å². The van der Waals surface area contributed by atoms with Crippen LogP contribution in [-0.2, 0) is 11.3 Å². The molecule has 0 fully saturated rings. The van der Waals surface area contributed by atoms with E-state index in [-0.39, 0.29) is 23.5 Å². The van der Waals surface area contributed by atoms with Crippen LogP contribution in [0.15, 0.2) is 36.4 Å². The van der Waals surface area contributed by atoms with Crippen molar-refractivity contribution in [2.45, 2.75) is 6.61 Å².